The van der Waals surface area contributed by atoms with Gasteiger partial charge < -0.3 is 5.73 Å². The summed E-state index contributed by atoms with van der Waals surface area (Å²) in [5, 5.41) is 0. The number of nitrogens with two attached hydrogens (primary N) is 1. The molecule has 74 valence electrons. The Morgan fingerprint density at radius 1 is 1.50 bits per heavy atom. The Morgan fingerprint density at radius 3 is 2.50 bits per heavy atom. The molecule has 0 fully saturated rings. The van der Waals surface area contributed by atoms with E-state index in [1.54, 1.807) is 6.92 Å². The molecule has 5 nitrogen and oxygen atoms in total. The van der Waals surface area contributed by atoms with Crippen LogP contribution in [0.15, 0.2) is 0 Å². The molecule has 6 heteroatoms. The van der Waals surface area contributed by atoms with Gasteiger partial charge in [-0.3, -0.25) is 0 Å². The van der Waals surface area contributed by atoms with Gasteiger partial charge in [-0.05, 0) is 13.0 Å². The van der Waals surface area contributed by atoms with Crippen LogP contribution in [0.4, 0.5) is 0 Å². The Balaban J connectivity index is 3.98. The summed E-state index contributed by atoms with van der Waals surface area (Å²) in [6.07, 6.45) is 0.682. The van der Waals surface area contributed by atoms with Gasteiger partial charge in [-0.15, -0.1) is 0 Å². The first-order valence-electron chi connectivity index (χ1n) is 3.95. The van der Waals surface area contributed by atoms with Crippen LogP contribution in [-0.4, -0.2) is 39.4 Å². The molecule has 0 heterocycles. The van der Waals surface area contributed by atoms with Gasteiger partial charge in [0.25, 0.3) is 10.2 Å². The predicted octanol–water partition coefficient (Wildman–Crippen LogP) is -0.879. The van der Waals surface area contributed by atoms with E-state index >= 15 is 0 Å². The average Bonchev–Trinajstić information content (AvgIpc) is 2.00. The van der Waals surface area contributed by atoms with Gasteiger partial charge in [-0.25, -0.2) is 4.72 Å². The van der Waals surface area contributed by atoms with Crippen molar-refractivity contribution in [3.05, 3.63) is 0 Å². The van der Waals surface area contributed by atoms with Crippen molar-refractivity contribution in [2.75, 3.05) is 26.7 Å². The molecule has 0 aliphatic rings. The van der Waals surface area contributed by atoms with Crippen molar-refractivity contribution >= 4 is 10.2 Å². The van der Waals surface area contributed by atoms with E-state index in [1.807, 2.05) is 0 Å². The summed E-state index contributed by atoms with van der Waals surface area (Å²) in [6.45, 7) is 3.13. The number of hydrogen-bond donors (Lipinski definition) is 2. The second-order valence-corrected chi connectivity index (χ2v) is 4.33. The van der Waals surface area contributed by atoms with E-state index in [-0.39, 0.29) is 0 Å². The van der Waals surface area contributed by atoms with Gasteiger partial charge in [0.1, 0.15) is 0 Å². The van der Waals surface area contributed by atoms with Crippen LogP contribution < -0.4 is 10.5 Å². The molecule has 0 saturated carbocycles. The molecule has 0 radical (unpaired) electrons. The van der Waals surface area contributed by atoms with Gasteiger partial charge in [0.2, 0.25) is 0 Å². The first kappa shape index (κ1) is 11.8. The molecule has 0 aromatic carbocycles. The number of nitrogens with one attached hydrogen (secondary N) is 1. The fraction of sp³-hybridized carbons (Fsp3) is 1.00. The molecule has 0 unspecified atom stereocenters. The van der Waals surface area contributed by atoms with Crippen LogP contribution in [0.5, 0.6) is 0 Å². The summed E-state index contributed by atoms with van der Waals surface area (Å²) in [4.78, 5) is 0. The van der Waals surface area contributed by atoms with E-state index in [4.69, 9.17) is 5.73 Å². The SMILES string of the molecule is CCNS(=O)(=O)N(C)CCCN. The van der Waals surface area contributed by atoms with Crippen LogP contribution in [-0.2, 0) is 10.2 Å². The fourth-order valence-electron chi connectivity index (χ4n) is 0.727. The van der Waals surface area contributed by atoms with Crippen molar-refractivity contribution in [3.8, 4) is 0 Å². The van der Waals surface area contributed by atoms with E-state index in [0.717, 1.165) is 0 Å². The molecule has 0 aromatic rings. The smallest absolute Gasteiger partial charge is 0.279 e. The predicted molar refractivity (Wildman–Crippen MR) is 48.9 cm³/mol. The second kappa shape index (κ2) is 5.47. The topological polar surface area (TPSA) is 75.4 Å². The lowest BCUT2D eigenvalue weighted by Gasteiger charge is -2.16. The Bertz CT molecular complexity index is 203. The standard InChI is InChI=1S/C6H17N3O2S/c1-3-8-12(10,11)9(2)6-4-5-7/h8H,3-7H2,1-2H3. The summed E-state index contributed by atoms with van der Waals surface area (Å²) in [5.41, 5.74) is 5.25. The van der Waals surface area contributed by atoms with Crippen LogP contribution in [0.1, 0.15) is 13.3 Å². The van der Waals surface area contributed by atoms with Gasteiger partial charge >= 0.3 is 0 Å². The highest BCUT2D eigenvalue weighted by molar-refractivity contribution is 7.87. The van der Waals surface area contributed by atoms with Gasteiger partial charge in [-0.2, -0.15) is 12.7 Å². The molecular formula is C6H17N3O2S. The molecule has 0 rings (SSSR count). The zero-order valence-electron chi connectivity index (χ0n) is 7.58. The largest absolute Gasteiger partial charge is 0.330 e. The van der Waals surface area contributed by atoms with Crippen LogP contribution in [0, 0.1) is 0 Å². The zero-order valence-corrected chi connectivity index (χ0v) is 8.39. The van der Waals surface area contributed by atoms with E-state index in [1.165, 1.54) is 11.4 Å². The minimum atomic E-state index is -3.25. The maximum absolute atomic E-state index is 11.2. The normalized spacial score (nSPS) is 12.3. The zero-order chi connectivity index (χ0) is 9.61. The second-order valence-electron chi connectivity index (χ2n) is 2.47. The minimum Gasteiger partial charge on any atom is -0.330 e. The maximum Gasteiger partial charge on any atom is 0.279 e. The third-order valence-electron chi connectivity index (χ3n) is 1.41. The quantitative estimate of drug-likeness (QED) is 0.578. The lowest BCUT2D eigenvalue weighted by Crippen LogP contribution is -2.38. The van der Waals surface area contributed by atoms with Crippen molar-refractivity contribution in [3.63, 3.8) is 0 Å². The average molecular weight is 195 g/mol. The Kier molecular flexibility index (Phi) is 5.39. The Morgan fingerprint density at radius 2 is 2.08 bits per heavy atom. The van der Waals surface area contributed by atoms with Crippen LogP contribution in [0.25, 0.3) is 0 Å². The van der Waals surface area contributed by atoms with Gasteiger partial charge in [0.15, 0.2) is 0 Å². The third-order valence-corrected chi connectivity index (χ3v) is 3.07. The highest BCUT2D eigenvalue weighted by atomic mass is 32.2. The van der Waals surface area contributed by atoms with E-state index in [2.05, 4.69) is 4.72 Å². The number of hydrogen-bond acceptors (Lipinski definition) is 3. The summed E-state index contributed by atoms with van der Waals surface area (Å²) < 4.78 is 26.1. The molecule has 0 aliphatic carbocycles. The van der Waals surface area contributed by atoms with Crippen molar-refractivity contribution in [1.82, 2.24) is 9.03 Å². The van der Waals surface area contributed by atoms with Gasteiger partial charge in [0.05, 0.1) is 0 Å². The van der Waals surface area contributed by atoms with Crippen molar-refractivity contribution in [1.29, 1.82) is 0 Å². The summed E-state index contributed by atoms with van der Waals surface area (Å²) >= 11 is 0. The molecule has 0 aliphatic heterocycles. The summed E-state index contributed by atoms with van der Waals surface area (Å²) in [5.74, 6) is 0. The molecule has 0 saturated heterocycles. The Labute approximate surface area is 74.1 Å². The van der Waals surface area contributed by atoms with Crippen molar-refractivity contribution in [2.45, 2.75) is 13.3 Å². The first-order valence-corrected chi connectivity index (χ1v) is 5.39. The molecule has 0 atom stereocenters. The lowest BCUT2D eigenvalue weighted by molar-refractivity contribution is 0.454. The molecule has 0 amide bonds. The van der Waals surface area contributed by atoms with E-state index in [9.17, 15) is 8.42 Å². The monoisotopic (exact) mass is 195 g/mol. The lowest BCUT2D eigenvalue weighted by atomic mass is 10.4. The number of rotatable bonds is 6. The first-order chi connectivity index (χ1) is 5.54. The molecule has 0 bridgehead atoms. The van der Waals surface area contributed by atoms with Crippen molar-refractivity contribution in [2.24, 2.45) is 5.73 Å². The van der Waals surface area contributed by atoms with Crippen LogP contribution in [0.3, 0.4) is 0 Å². The van der Waals surface area contributed by atoms with Crippen molar-refractivity contribution < 1.29 is 8.42 Å². The van der Waals surface area contributed by atoms with Gasteiger partial charge in [-0.1, -0.05) is 6.92 Å². The fourth-order valence-corrected chi connectivity index (χ4v) is 1.68. The highest BCUT2D eigenvalue weighted by Gasteiger charge is 2.14. The summed E-state index contributed by atoms with van der Waals surface area (Å²) in [7, 11) is -1.72. The summed E-state index contributed by atoms with van der Waals surface area (Å²) in [6, 6.07) is 0. The molecule has 12 heavy (non-hydrogen) atoms. The highest BCUT2D eigenvalue weighted by Crippen LogP contribution is 1.93. The van der Waals surface area contributed by atoms with Gasteiger partial charge in [0, 0.05) is 20.1 Å². The van der Waals surface area contributed by atoms with E-state index < -0.39 is 10.2 Å². The minimum absolute atomic E-state index is 0.412. The van der Waals surface area contributed by atoms with Crippen LogP contribution in [0.2, 0.25) is 0 Å². The third kappa shape index (κ3) is 4.01. The molecular weight excluding hydrogens is 178 g/mol. The number of nitrogens with zero attached hydrogens (tertiary/aromatic N) is 1. The Hall–Kier alpha value is -0.170. The maximum atomic E-state index is 11.2. The van der Waals surface area contributed by atoms with Crippen LogP contribution >= 0.6 is 0 Å². The molecule has 0 spiro atoms. The van der Waals surface area contributed by atoms with E-state index in [0.29, 0.717) is 26.1 Å². The molecule has 3 N–H and O–H groups in total. The molecule has 0 aromatic heterocycles.